The van der Waals surface area contributed by atoms with Gasteiger partial charge in [-0.25, -0.2) is 4.79 Å². The SMILES string of the molecule is [2H]/C(=C\[N+](CC)(CC)CC)C(=O)OCC. The van der Waals surface area contributed by atoms with Crippen molar-refractivity contribution in [3.8, 4) is 0 Å². The molecule has 82 valence electrons. The Morgan fingerprint density at radius 3 is 2.14 bits per heavy atom. The Morgan fingerprint density at radius 2 is 1.79 bits per heavy atom. The topological polar surface area (TPSA) is 26.3 Å². The van der Waals surface area contributed by atoms with E-state index in [0.717, 1.165) is 19.6 Å². The molecule has 0 saturated carbocycles. The van der Waals surface area contributed by atoms with Crippen LogP contribution >= 0.6 is 0 Å². The molecular formula is C11H22NO2+. The van der Waals surface area contributed by atoms with Gasteiger partial charge in [-0.05, 0) is 27.7 Å². The van der Waals surface area contributed by atoms with Gasteiger partial charge >= 0.3 is 5.97 Å². The van der Waals surface area contributed by atoms with Gasteiger partial charge in [0.25, 0.3) is 0 Å². The van der Waals surface area contributed by atoms with E-state index in [9.17, 15) is 4.79 Å². The second-order valence-electron chi connectivity index (χ2n) is 3.16. The van der Waals surface area contributed by atoms with Crippen molar-refractivity contribution in [3.63, 3.8) is 0 Å². The van der Waals surface area contributed by atoms with E-state index < -0.39 is 5.97 Å². The number of nitrogens with zero attached hydrogens (tertiary/aromatic N) is 1. The Balaban J connectivity index is 4.74. The molecule has 0 saturated heterocycles. The van der Waals surface area contributed by atoms with Gasteiger partial charge in [-0.15, -0.1) is 0 Å². The molecule has 0 bridgehead atoms. The molecular weight excluding hydrogens is 178 g/mol. The smallest absolute Gasteiger partial charge is 0.336 e. The largest absolute Gasteiger partial charge is 0.463 e. The van der Waals surface area contributed by atoms with Crippen LogP contribution in [0.15, 0.2) is 12.3 Å². The quantitative estimate of drug-likeness (QED) is 0.373. The van der Waals surface area contributed by atoms with Crippen LogP contribution in [0.3, 0.4) is 0 Å². The van der Waals surface area contributed by atoms with E-state index in [1.807, 2.05) is 0 Å². The Labute approximate surface area is 88.3 Å². The minimum atomic E-state index is -0.532. The first-order valence-corrected chi connectivity index (χ1v) is 5.27. The summed E-state index contributed by atoms with van der Waals surface area (Å²) in [7, 11) is 0. The van der Waals surface area contributed by atoms with Crippen LogP contribution in [0.25, 0.3) is 0 Å². The van der Waals surface area contributed by atoms with Crippen LogP contribution in [0.1, 0.15) is 29.1 Å². The molecule has 0 aromatic heterocycles. The lowest BCUT2D eigenvalue weighted by atomic mass is 10.3. The van der Waals surface area contributed by atoms with Crippen molar-refractivity contribution in [2.24, 2.45) is 0 Å². The Hall–Kier alpha value is -0.830. The molecule has 0 fully saturated rings. The molecule has 0 aromatic carbocycles. The second kappa shape index (κ2) is 6.60. The summed E-state index contributed by atoms with van der Waals surface area (Å²) in [5.41, 5.74) is 0. The molecule has 0 aliphatic carbocycles. The number of quaternary nitrogens is 1. The van der Waals surface area contributed by atoms with Crippen LogP contribution in [-0.4, -0.2) is 36.7 Å². The molecule has 0 aliphatic rings. The fraction of sp³-hybridized carbons (Fsp3) is 0.727. The standard InChI is InChI=1S/C11H22NO2/c1-5-12(6-2,7-3)10-9-11(13)14-8-4/h9-10H,5-8H2,1-4H3/q+1/b10-9+/i9D. The molecule has 3 heteroatoms. The third-order valence-corrected chi connectivity index (χ3v) is 2.62. The molecule has 0 spiro atoms. The van der Waals surface area contributed by atoms with E-state index in [2.05, 4.69) is 20.8 Å². The molecule has 14 heavy (non-hydrogen) atoms. The van der Waals surface area contributed by atoms with Crippen LogP contribution in [-0.2, 0) is 9.53 Å². The highest BCUT2D eigenvalue weighted by Crippen LogP contribution is 2.06. The summed E-state index contributed by atoms with van der Waals surface area (Å²) in [5, 5.41) is 0. The van der Waals surface area contributed by atoms with Crippen molar-refractivity contribution < 1.29 is 15.4 Å². The summed E-state index contributed by atoms with van der Waals surface area (Å²) in [5.74, 6) is -0.532. The van der Waals surface area contributed by atoms with Gasteiger partial charge in [0.1, 0.15) is 6.20 Å². The number of esters is 1. The van der Waals surface area contributed by atoms with E-state index >= 15 is 0 Å². The average molecular weight is 201 g/mol. The van der Waals surface area contributed by atoms with Crippen molar-refractivity contribution in [2.75, 3.05) is 26.2 Å². The molecule has 0 heterocycles. The zero-order valence-electron chi connectivity index (χ0n) is 10.7. The van der Waals surface area contributed by atoms with Gasteiger partial charge in [0.2, 0.25) is 0 Å². The van der Waals surface area contributed by atoms with Gasteiger partial charge in [-0.2, -0.15) is 0 Å². The Morgan fingerprint density at radius 1 is 1.29 bits per heavy atom. The van der Waals surface area contributed by atoms with Crippen molar-refractivity contribution in [3.05, 3.63) is 12.3 Å². The van der Waals surface area contributed by atoms with E-state index in [1.165, 1.54) is 0 Å². The summed E-state index contributed by atoms with van der Waals surface area (Å²) >= 11 is 0. The molecule has 0 unspecified atom stereocenters. The number of rotatable bonds is 6. The first kappa shape index (κ1) is 11.2. The van der Waals surface area contributed by atoms with Gasteiger partial charge in [-0.3, -0.25) is 4.48 Å². The predicted octanol–water partition coefficient (Wildman–Crippen LogP) is 1.94. The summed E-state index contributed by atoms with van der Waals surface area (Å²) in [4.78, 5) is 11.3. The first-order valence-electron chi connectivity index (χ1n) is 5.77. The van der Waals surface area contributed by atoms with Gasteiger partial charge in [0, 0.05) is 0 Å². The number of ether oxygens (including phenoxy) is 1. The molecule has 0 aliphatic heterocycles. The minimum Gasteiger partial charge on any atom is -0.463 e. The number of hydrogen-bond donors (Lipinski definition) is 0. The van der Waals surface area contributed by atoms with Gasteiger partial charge in [-0.1, -0.05) is 0 Å². The summed E-state index contributed by atoms with van der Waals surface area (Å²) in [6.45, 7) is 10.9. The van der Waals surface area contributed by atoms with Crippen LogP contribution in [0.5, 0.6) is 0 Å². The molecule has 0 N–H and O–H groups in total. The van der Waals surface area contributed by atoms with Gasteiger partial charge in [0.05, 0.1) is 33.7 Å². The fourth-order valence-electron chi connectivity index (χ4n) is 1.31. The maximum Gasteiger partial charge on any atom is 0.336 e. The van der Waals surface area contributed by atoms with Gasteiger partial charge < -0.3 is 4.74 Å². The molecule has 0 atom stereocenters. The van der Waals surface area contributed by atoms with Crippen LogP contribution in [0.4, 0.5) is 0 Å². The average Bonchev–Trinajstić information content (AvgIpc) is 2.26. The second-order valence-corrected chi connectivity index (χ2v) is 3.16. The highest BCUT2D eigenvalue weighted by molar-refractivity contribution is 5.81. The van der Waals surface area contributed by atoms with Crippen LogP contribution in [0, 0.1) is 0 Å². The maximum atomic E-state index is 11.3. The molecule has 0 aromatic rings. The summed E-state index contributed by atoms with van der Waals surface area (Å²) < 4.78 is 13.0. The molecule has 0 rings (SSSR count). The molecule has 0 amide bonds. The fourth-order valence-corrected chi connectivity index (χ4v) is 1.31. The van der Waals surface area contributed by atoms with E-state index in [1.54, 1.807) is 13.1 Å². The van der Waals surface area contributed by atoms with Gasteiger partial charge in [0.15, 0.2) is 0 Å². The van der Waals surface area contributed by atoms with Crippen molar-refractivity contribution >= 4 is 5.97 Å². The Bertz CT molecular complexity index is 226. The van der Waals surface area contributed by atoms with E-state index in [-0.39, 0.29) is 6.05 Å². The highest BCUT2D eigenvalue weighted by atomic mass is 16.5. The third kappa shape index (κ3) is 3.92. The van der Waals surface area contributed by atoms with Crippen LogP contribution in [0.2, 0.25) is 0 Å². The Kier molecular flexibility index (Phi) is 5.30. The summed E-state index contributed by atoms with van der Waals surface area (Å²) in [6.07, 6.45) is 1.69. The van der Waals surface area contributed by atoms with Crippen molar-refractivity contribution in [2.45, 2.75) is 27.7 Å². The number of carbonyl (C=O) groups excluding carboxylic acids is 1. The zero-order chi connectivity index (χ0) is 11.9. The normalized spacial score (nSPS) is 13.7. The van der Waals surface area contributed by atoms with Crippen molar-refractivity contribution in [1.29, 1.82) is 0 Å². The van der Waals surface area contributed by atoms with E-state index in [4.69, 9.17) is 6.11 Å². The minimum absolute atomic E-state index is 0.0394. The monoisotopic (exact) mass is 201 g/mol. The lowest BCUT2D eigenvalue weighted by Gasteiger charge is -2.31. The van der Waals surface area contributed by atoms with E-state index in [0.29, 0.717) is 11.1 Å². The lowest BCUT2D eigenvalue weighted by Crippen LogP contribution is -2.42. The number of hydrogen-bond acceptors (Lipinski definition) is 2. The predicted molar refractivity (Wildman–Crippen MR) is 57.7 cm³/mol. The van der Waals surface area contributed by atoms with Crippen molar-refractivity contribution in [1.82, 2.24) is 0 Å². The zero-order valence-corrected chi connectivity index (χ0v) is 9.67. The third-order valence-electron chi connectivity index (χ3n) is 2.62. The molecule has 3 nitrogen and oxygen atoms in total. The lowest BCUT2D eigenvalue weighted by molar-refractivity contribution is -0.874. The maximum absolute atomic E-state index is 11.3. The molecule has 0 radical (unpaired) electrons. The van der Waals surface area contributed by atoms with Crippen LogP contribution < -0.4 is 0 Å². The number of carbonyl (C=O) groups is 1. The first-order chi connectivity index (χ1) is 7.05. The summed E-state index contributed by atoms with van der Waals surface area (Å²) in [6, 6.07) is -0.0394. The highest BCUT2D eigenvalue weighted by Gasteiger charge is 2.17.